The van der Waals surface area contributed by atoms with Crippen molar-refractivity contribution in [2.45, 2.75) is 269 Å². The van der Waals surface area contributed by atoms with E-state index in [-0.39, 0.29) is 32.0 Å². The summed E-state index contributed by atoms with van der Waals surface area (Å²) in [5.41, 5.74) is 0. The second-order valence-electron chi connectivity index (χ2n) is 17.6. The topological polar surface area (TPSA) is 152 Å². The van der Waals surface area contributed by atoms with Crippen molar-refractivity contribution in [1.82, 2.24) is 0 Å². The van der Waals surface area contributed by atoms with Crippen LogP contribution in [-0.4, -0.2) is 89.0 Å². The lowest BCUT2D eigenvalue weighted by atomic mass is 9.99. The smallest absolute Gasteiger partial charge is 0.306 e. The molecule has 1 fully saturated rings. The Morgan fingerprint density at radius 2 is 0.918 bits per heavy atom. The minimum atomic E-state index is -1.59. The predicted octanol–water partition coefficient (Wildman–Crippen LogP) is 11.7. The first-order chi connectivity index (χ1) is 29.8. The van der Waals surface area contributed by atoms with Gasteiger partial charge in [0, 0.05) is 12.8 Å². The molecule has 10 heteroatoms. The SMILES string of the molecule is CCCCC/C=C\C/C=C\CCCCCCCCCCCC(=O)OC(COC(=O)CCCCCCCCCCCCCCCCCCC)COC1OC(CO)C(O)C(O)C1O. The third kappa shape index (κ3) is 33.4. The van der Waals surface area contributed by atoms with Gasteiger partial charge in [0.05, 0.1) is 13.2 Å². The number of aliphatic hydroxyl groups excluding tert-OH is 4. The highest BCUT2D eigenvalue weighted by Gasteiger charge is 2.44. The highest BCUT2D eigenvalue weighted by molar-refractivity contribution is 5.70. The van der Waals surface area contributed by atoms with Gasteiger partial charge < -0.3 is 39.4 Å². The molecular weight excluding hydrogens is 773 g/mol. The molecule has 1 heterocycles. The number of aliphatic hydroxyl groups is 4. The molecule has 0 spiro atoms. The molecule has 0 aliphatic carbocycles. The summed E-state index contributed by atoms with van der Waals surface area (Å²) in [6, 6.07) is 0. The average molecular weight is 867 g/mol. The summed E-state index contributed by atoms with van der Waals surface area (Å²) >= 11 is 0. The Labute approximate surface area is 373 Å². The molecule has 6 atom stereocenters. The first kappa shape index (κ1) is 57.2. The van der Waals surface area contributed by atoms with Crippen molar-refractivity contribution in [1.29, 1.82) is 0 Å². The summed E-state index contributed by atoms with van der Waals surface area (Å²) in [4.78, 5) is 25.4. The Bertz CT molecular complexity index is 1050. The summed E-state index contributed by atoms with van der Waals surface area (Å²) in [7, 11) is 0. The van der Waals surface area contributed by atoms with Crippen LogP contribution in [0.25, 0.3) is 0 Å². The first-order valence-corrected chi connectivity index (χ1v) is 25.4. The van der Waals surface area contributed by atoms with Crippen LogP contribution >= 0.6 is 0 Å². The number of allylic oxidation sites excluding steroid dienone is 4. The highest BCUT2D eigenvalue weighted by Crippen LogP contribution is 2.23. The van der Waals surface area contributed by atoms with Gasteiger partial charge in [-0.05, 0) is 44.9 Å². The molecule has 0 amide bonds. The number of ether oxygens (including phenoxy) is 4. The van der Waals surface area contributed by atoms with Crippen LogP contribution in [0.4, 0.5) is 0 Å². The van der Waals surface area contributed by atoms with Crippen molar-refractivity contribution >= 4 is 11.9 Å². The fourth-order valence-corrected chi connectivity index (χ4v) is 7.81. The zero-order valence-electron chi connectivity index (χ0n) is 39.2. The van der Waals surface area contributed by atoms with Crippen LogP contribution in [0.5, 0.6) is 0 Å². The van der Waals surface area contributed by atoms with E-state index in [1.807, 2.05) is 0 Å². The maximum absolute atomic E-state index is 12.8. The van der Waals surface area contributed by atoms with Gasteiger partial charge in [-0.15, -0.1) is 0 Å². The van der Waals surface area contributed by atoms with Crippen LogP contribution < -0.4 is 0 Å². The van der Waals surface area contributed by atoms with E-state index in [2.05, 4.69) is 38.2 Å². The van der Waals surface area contributed by atoms with Gasteiger partial charge in [-0.25, -0.2) is 0 Å². The van der Waals surface area contributed by atoms with Crippen LogP contribution in [-0.2, 0) is 28.5 Å². The molecule has 0 aromatic carbocycles. The van der Waals surface area contributed by atoms with Crippen molar-refractivity contribution in [3.05, 3.63) is 24.3 Å². The van der Waals surface area contributed by atoms with E-state index in [4.69, 9.17) is 18.9 Å². The number of carbonyl (C=O) groups is 2. The van der Waals surface area contributed by atoms with Gasteiger partial charge in [-0.1, -0.05) is 199 Å². The number of carbonyl (C=O) groups excluding carboxylic acids is 2. The van der Waals surface area contributed by atoms with Gasteiger partial charge in [-0.3, -0.25) is 9.59 Å². The second kappa shape index (κ2) is 42.1. The maximum atomic E-state index is 12.8. The second-order valence-corrected chi connectivity index (χ2v) is 17.6. The molecule has 10 nitrogen and oxygen atoms in total. The van der Waals surface area contributed by atoms with Crippen molar-refractivity contribution < 1.29 is 49.0 Å². The largest absolute Gasteiger partial charge is 0.462 e. The first-order valence-electron chi connectivity index (χ1n) is 25.4. The van der Waals surface area contributed by atoms with E-state index in [9.17, 15) is 30.0 Å². The van der Waals surface area contributed by atoms with E-state index in [0.29, 0.717) is 6.42 Å². The average Bonchev–Trinajstić information content (AvgIpc) is 3.26. The number of hydrogen-bond donors (Lipinski definition) is 4. The van der Waals surface area contributed by atoms with Gasteiger partial charge >= 0.3 is 11.9 Å². The molecule has 0 aromatic rings. The summed E-state index contributed by atoms with van der Waals surface area (Å²) in [6.07, 6.45) is 40.3. The number of unbranched alkanes of at least 4 members (excludes halogenated alkanes) is 28. The molecule has 61 heavy (non-hydrogen) atoms. The summed E-state index contributed by atoms with van der Waals surface area (Å²) in [5, 5.41) is 40.2. The van der Waals surface area contributed by atoms with Crippen LogP contribution in [0.2, 0.25) is 0 Å². The zero-order valence-corrected chi connectivity index (χ0v) is 39.2. The Hall–Kier alpha value is -1.82. The minimum Gasteiger partial charge on any atom is -0.462 e. The monoisotopic (exact) mass is 867 g/mol. The van der Waals surface area contributed by atoms with Crippen LogP contribution in [0.15, 0.2) is 24.3 Å². The molecule has 1 saturated heterocycles. The summed E-state index contributed by atoms with van der Waals surface area (Å²) < 4.78 is 22.2. The van der Waals surface area contributed by atoms with Gasteiger partial charge in [0.15, 0.2) is 12.4 Å². The summed E-state index contributed by atoms with van der Waals surface area (Å²) in [6.45, 7) is 3.43. The van der Waals surface area contributed by atoms with Gasteiger partial charge in [0.25, 0.3) is 0 Å². The minimum absolute atomic E-state index is 0.215. The molecule has 1 aliphatic heterocycles. The number of hydrogen-bond acceptors (Lipinski definition) is 10. The lowest BCUT2D eigenvalue weighted by Gasteiger charge is -2.39. The number of rotatable bonds is 43. The molecular formula is C51H94O10. The molecule has 358 valence electrons. The van der Waals surface area contributed by atoms with E-state index in [1.54, 1.807) is 0 Å². The Kier molecular flexibility index (Phi) is 39.5. The predicted molar refractivity (Wildman–Crippen MR) is 247 cm³/mol. The summed E-state index contributed by atoms with van der Waals surface area (Å²) in [5.74, 6) is -0.799. The standard InChI is InChI=1S/C51H94O10/c1-3-5-7-9-11-13-15-17-19-21-22-24-26-28-30-32-34-36-38-40-47(54)60-44(43-59-51-50(57)49(56)48(55)45(41-52)61-51)42-58-46(53)39-37-35-33-31-29-27-25-23-20-18-16-14-12-10-8-6-4-2/h11,13,17,19,44-45,48-52,55-57H,3-10,12,14-16,18,20-43H2,1-2H3/b13-11-,19-17-. The molecule has 4 N–H and O–H groups in total. The lowest BCUT2D eigenvalue weighted by molar-refractivity contribution is -0.305. The molecule has 1 aliphatic rings. The highest BCUT2D eigenvalue weighted by atomic mass is 16.7. The molecule has 0 saturated carbocycles. The Morgan fingerprint density at radius 1 is 0.508 bits per heavy atom. The van der Waals surface area contributed by atoms with Crippen molar-refractivity contribution in [2.75, 3.05) is 19.8 Å². The van der Waals surface area contributed by atoms with Crippen LogP contribution in [0.1, 0.15) is 232 Å². The van der Waals surface area contributed by atoms with Crippen molar-refractivity contribution in [3.8, 4) is 0 Å². The van der Waals surface area contributed by atoms with Crippen molar-refractivity contribution in [2.24, 2.45) is 0 Å². The fraction of sp³-hybridized carbons (Fsp3) is 0.882. The third-order valence-electron chi connectivity index (χ3n) is 11.8. The molecule has 6 unspecified atom stereocenters. The normalized spacial score (nSPS) is 19.9. The fourth-order valence-electron chi connectivity index (χ4n) is 7.81. The third-order valence-corrected chi connectivity index (χ3v) is 11.8. The van der Waals surface area contributed by atoms with E-state index in [0.717, 1.165) is 51.4 Å². The lowest BCUT2D eigenvalue weighted by Crippen LogP contribution is -2.59. The van der Waals surface area contributed by atoms with E-state index >= 15 is 0 Å². The maximum Gasteiger partial charge on any atom is 0.306 e. The van der Waals surface area contributed by atoms with Gasteiger partial charge in [-0.2, -0.15) is 0 Å². The Morgan fingerprint density at radius 3 is 1.39 bits per heavy atom. The van der Waals surface area contributed by atoms with Crippen LogP contribution in [0, 0.1) is 0 Å². The van der Waals surface area contributed by atoms with Crippen LogP contribution in [0.3, 0.4) is 0 Å². The van der Waals surface area contributed by atoms with E-state index in [1.165, 1.54) is 148 Å². The Balaban J connectivity index is 2.26. The van der Waals surface area contributed by atoms with Gasteiger partial charge in [0.1, 0.15) is 31.0 Å². The molecule has 0 radical (unpaired) electrons. The van der Waals surface area contributed by atoms with Gasteiger partial charge in [0.2, 0.25) is 0 Å². The number of esters is 2. The molecule has 0 aromatic heterocycles. The van der Waals surface area contributed by atoms with E-state index < -0.39 is 49.4 Å². The molecule has 0 bridgehead atoms. The quantitative estimate of drug-likeness (QED) is 0.0265. The van der Waals surface area contributed by atoms with Crippen molar-refractivity contribution in [3.63, 3.8) is 0 Å². The molecule has 1 rings (SSSR count). The zero-order chi connectivity index (χ0) is 44.4.